The minimum absolute atomic E-state index is 0.0776. The van der Waals surface area contributed by atoms with E-state index in [0.29, 0.717) is 6.54 Å². The summed E-state index contributed by atoms with van der Waals surface area (Å²) in [6.07, 6.45) is -0.0776. The highest BCUT2D eigenvalue weighted by atomic mass is 16.5. The topological polar surface area (TPSA) is 38.3 Å². The third kappa shape index (κ3) is 5.18. The second-order valence-electron chi connectivity index (χ2n) is 3.54. The first kappa shape index (κ1) is 11.7. The van der Waals surface area contributed by atoms with Crippen LogP contribution in [-0.4, -0.2) is 18.6 Å². The molecule has 1 unspecified atom stereocenters. The summed E-state index contributed by atoms with van der Waals surface area (Å²) in [4.78, 5) is 10.6. The third-order valence-corrected chi connectivity index (χ3v) is 1.97. The number of esters is 1. The van der Waals surface area contributed by atoms with Gasteiger partial charge in [0, 0.05) is 20.0 Å². The standard InChI is InChI=1S/C12H17NO2/c1-10(15-11(2)14)8-13-9-12-6-4-3-5-7-12/h3-7,10,13H,8-9H2,1-2H3. The van der Waals surface area contributed by atoms with Gasteiger partial charge in [0.1, 0.15) is 6.10 Å². The summed E-state index contributed by atoms with van der Waals surface area (Å²) in [6, 6.07) is 10.1. The molecule has 0 bridgehead atoms. The summed E-state index contributed by atoms with van der Waals surface area (Å²) in [5.41, 5.74) is 1.23. The molecule has 0 radical (unpaired) electrons. The van der Waals surface area contributed by atoms with Crippen LogP contribution in [0.1, 0.15) is 19.4 Å². The number of benzene rings is 1. The van der Waals surface area contributed by atoms with E-state index in [4.69, 9.17) is 4.74 Å². The predicted molar refractivity (Wildman–Crippen MR) is 59.4 cm³/mol. The van der Waals surface area contributed by atoms with Gasteiger partial charge in [0.15, 0.2) is 0 Å². The molecule has 0 aromatic heterocycles. The van der Waals surface area contributed by atoms with Crippen molar-refractivity contribution in [2.45, 2.75) is 26.5 Å². The Labute approximate surface area is 90.4 Å². The number of ether oxygens (including phenoxy) is 1. The maximum Gasteiger partial charge on any atom is 0.302 e. The van der Waals surface area contributed by atoms with Crippen LogP contribution in [0.15, 0.2) is 30.3 Å². The predicted octanol–water partition coefficient (Wildman–Crippen LogP) is 1.73. The van der Waals surface area contributed by atoms with E-state index in [-0.39, 0.29) is 12.1 Å². The van der Waals surface area contributed by atoms with E-state index in [9.17, 15) is 4.79 Å². The van der Waals surface area contributed by atoms with E-state index in [1.165, 1.54) is 12.5 Å². The molecule has 0 aliphatic heterocycles. The Morgan fingerprint density at radius 3 is 2.67 bits per heavy atom. The lowest BCUT2D eigenvalue weighted by atomic mass is 10.2. The lowest BCUT2D eigenvalue weighted by molar-refractivity contribution is -0.145. The van der Waals surface area contributed by atoms with Crippen LogP contribution in [-0.2, 0) is 16.1 Å². The Morgan fingerprint density at radius 2 is 2.07 bits per heavy atom. The van der Waals surface area contributed by atoms with Crippen molar-refractivity contribution >= 4 is 5.97 Å². The molecule has 1 aromatic carbocycles. The molecule has 0 amide bonds. The van der Waals surface area contributed by atoms with Crippen LogP contribution in [0.2, 0.25) is 0 Å². The van der Waals surface area contributed by atoms with Crippen molar-refractivity contribution in [3.05, 3.63) is 35.9 Å². The molecule has 0 saturated heterocycles. The highest BCUT2D eigenvalue weighted by Crippen LogP contribution is 1.97. The third-order valence-electron chi connectivity index (χ3n) is 1.97. The van der Waals surface area contributed by atoms with E-state index in [2.05, 4.69) is 17.4 Å². The zero-order valence-corrected chi connectivity index (χ0v) is 9.19. The van der Waals surface area contributed by atoms with Crippen LogP contribution in [0.5, 0.6) is 0 Å². The molecule has 3 nitrogen and oxygen atoms in total. The summed E-state index contributed by atoms with van der Waals surface area (Å²) in [5.74, 6) is -0.232. The number of rotatable bonds is 5. The van der Waals surface area contributed by atoms with Crippen LogP contribution in [0.4, 0.5) is 0 Å². The van der Waals surface area contributed by atoms with Gasteiger partial charge < -0.3 is 10.1 Å². The largest absolute Gasteiger partial charge is 0.462 e. The van der Waals surface area contributed by atoms with Crippen LogP contribution in [0.3, 0.4) is 0 Å². The SMILES string of the molecule is CC(=O)OC(C)CNCc1ccccc1. The fourth-order valence-corrected chi connectivity index (χ4v) is 1.34. The van der Waals surface area contributed by atoms with Crippen molar-refractivity contribution < 1.29 is 9.53 Å². The molecule has 1 aromatic rings. The fraction of sp³-hybridized carbons (Fsp3) is 0.417. The van der Waals surface area contributed by atoms with E-state index in [0.717, 1.165) is 6.54 Å². The van der Waals surface area contributed by atoms with E-state index in [1.54, 1.807) is 0 Å². The van der Waals surface area contributed by atoms with Crippen LogP contribution >= 0.6 is 0 Å². The van der Waals surface area contributed by atoms with Gasteiger partial charge >= 0.3 is 5.97 Å². The summed E-state index contributed by atoms with van der Waals surface area (Å²) in [5, 5.41) is 3.23. The summed E-state index contributed by atoms with van der Waals surface area (Å²) < 4.78 is 4.99. The maximum atomic E-state index is 10.6. The molecule has 1 N–H and O–H groups in total. The molecule has 82 valence electrons. The molecule has 0 fully saturated rings. The Hall–Kier alpha value is -1.35. The van der Waals surface area contributed by atoms with Crippen molar-refractivity contribution in [2.24, 2.45) is 0 Å². The molecule has 1 rings (SSSR count). The number of hydrogen-bond acceptors (Lipinski definition) is 3. The average molecular weight is 207 g/mol. The van der Waals surface area contributed by atoms with Gasteiger partial charge in [-0.25, -0.2) is 0 Å². The number of carbonyl (C=O) groups is 1. The van der Waals surface area contributed by atoms with Crippen molar-refractivity contribution in [3.63, 3.8) is 0 Å². The molecule has 0 saturated carbocycles. The van der Waals surface area contributed by atoms with Crippen LogP contribution < -0.4 is 5.32 Å². The lowest BCUT2D eigenvalue weighted by Gasteiger charge is -2.12. The smallest absolute Gasteiger partial charge is 0.302 e. The molecule has 0 heterocycles. The zero-order valence-electron chi connectivity index (χ0n) is 9.19. The zero-order chi connectivity index (χ0) is 11.1. The summed E-state index contributed by atoms with van der Waals surface area (Å²) in [7, 11) is 0. The second-order valence-corrected chi connectivity index (χ2v) is 3.54. The first-order valence-electron chi connectivity index (χ1n) is 5.10. The van der Waals surface area contributed by atoms with Gasteiger partial charge in [0.05, 0.1) is 0 Å². The molecule has 0 spiro atoms. The van der Waals surface area contributed by atoms with Gasteiger partial charge in [-0.3, -0.25) is 4.79 Å². The monoisotopic (exact) mass is 207 g/mol. The van der Waals surface area contributed by atoms with Crippen molar-refractivity contribution in [1.82, 2.24) is 5.32 Å². The van der Waals surface area contributed by atoms with E-state index in [1.807, 2.05) is 25.1 Å². The van der Waals surface area contributed by atoms with Crippen LogP contribution in [0, 0.1) is 0 Å². The number of carbonyl (C=O) groups excluding carboxylic acids is 1. The molecule has 1 atom stereocenters. The van der Waals surface area contributed by atoms with Crippen molar-refractivity contribution in [2.75, 3.05) is 6.54 Å². The molecular weight excluding hydrogens is 190 g/mol. The van der Waals surface area contributed by atoms with Crippen molar-refractivity contribution in [1.29, 1.82) is 0 Å². The van der Waals surface area contributed by atoms with Gasteiger partial charge in [-0.2, -0.15) is 0 Å². The minimum atomic E-state index is -0.232. The first-order chi connectivity index (χ1) is 7.18. The highest BCUT2D eigenvalue weighted by Gasteiger charge is 2.03. The van der Waals surface area contributed by atoms with E-state index < -0.39 is 0 Å². The quantitative estimate of drug-likeness (QED) is 0.747. The Morgan fingerprint density at radius 1 is 1.40 bits per heavy atom. The molecule has 0 aliphatic rings. The van der Waals surface area contributed by atoms with E-state index >= 15 is 0 Å². The Kier molecular flexibility index (Phi) is 4.84. The lowest BCUT2D eigenvalue weighted by Crippen LogP contribution is -2.27. The maximum absolute atomic E-state index is 10.6. The van der Waals surface area contributed by atoms with Crippen LogP contribution in [0.25, 0.3) is 0 Å². The normalized spacial score (nSPS) is 12.1. The van der Waals surface area contributed by atoms with Crippen molar-refractivity contribution in [3.8, 4) is 0 Å². The van der Waals surface area contributed by atoms with Gasteiger partial charge in [-0.15, -0.1) is 0 Å². The van der Waals surface area contributed by atoms with Gasteiger partial charge in [-0.1, -0.05) is 30.3 Å². The van der Waals surface area contributed by atoms with Gasteiger partial charge in [0.2, 0.25) is 0 Å². The molecule has 15 heavy (non-hydrogen) atoms. The van der Waals surface area contributed by atoms with Gasteiger partial charge in [-0.05, 0) is 12.5 Å². The minimum Gasteiger partial charge on any atom is -0.462 e. The van der Waals surface area contributed by atoms with Gasteiger partial charge in [0.25, 0.3) is 0 Å². The fourth-order valence-electron chi connectivity index (χ4n) is 1.34. The summed E-state index contributed by atoms with van der Waals surface area (Å²) in [6.45, 7) is 4.77. The molecular formula is C12H17NO2. The average Bonchev–Trinajstić information content (AvgIpc) is 2.18. The Bertz CT molecular complexity index is 298. The molecule has 3 heteroatoms. The summed E-state index contributed by atoms with van der Waals surface area (Å²) >= 11 is 0. The highest BCUT2D eigenvalue weighted by molar-refractivity contribution is 5.66. The number of nitrogens with one attached hydrogen (secondary N) is 1. The molecule has 0 aliphatic carbocycles. The second kappa shape index (κ2) is 6.19. The number of hydrogen-bond donors (Lipinski definition) is 1. The Balaban J connectivity index is 2.19. The first-order valence-corrected chi connectivity index (χ1v) is 5.10.